The molecule has 0 atom stereocenters. The molecule has 19 heavy (non-hydrogen) atoms. The number of para-hydroxylation sites is 1. The van der Waals surface area contributed by atoms with E-state index in [1.807, 2.05) is 11.8 Å². The molecule has 1 aliphatic rings. The van der Waals surface area contributed by atoms with Crippen molar-refractivity contribution in [3.63, 3.8) is 0 Å². The lowest BCUT2D eigenvalue weighted by molar-refractivity contribution is 0.591. The summed E-state index contributed by atoms with van der Waals surface area (Å²) in [7, 11) is 0. The fourth-order valence-electron chi connectivity index (χ4n) is 2.26. The van der Waals surface area contributed by atoms with Gasteiger partial charge >= 0.3 is 0 Å². The number of nitrogens with zero attached hydrogens (tertiary/aromatic N) is 1. The number of fused-ring (bicyclic) bond motifs is 2. The minimum atomic E-state index is 0.0358. The van der Waals surface area contributed by atoms with Crippen LogP contribution < -0.4 is 0 Å². The van der Waals surface area contributed by atoms with E-state index in [2.05, 4.69) is 69.3 Å². The number of hydrogen-bond donors (Lipinski definition) is 0. The van der Waals surface area contributed by atoms with Crippen molar-refractivity contribution in [1.29, 1.82) is 0 Å². The van der Waals surface area contributed by atoms with Crippen LogP contribution in [-0.2, 0) is 0 Å². The Bertz CT molecular complexity index is 650. The molecule has 0 saturated carbocycles. The third-order valence-electron chi connectivity index (χ3n) is 3.17. The average molecular weight is 267 g/mol. The van der Waals surface area contributed by atoms with E-state index < -0.39 is 0 Å². The molecule has 2 heteroatoms. The second-order valence-corrected chi connectivity index (χ2v) is 6.86. The first kappa shape index (κ1) is 12.5. The summed E-state index contributed by atoms with van der Waals surface area (Å²) in [5, 5.41) is 0. The van der Waals surface area contributed by atoms with Crippen molar-refractivity contribution in [2.45, 2.75) is 30.6 Å². The Hall–Kier alpha value is -1.54. The second-order valence-electron chi connectivity index (χ2n) is 5.78. The number of aliphatic imine (C=N–C) groups is 1. The minimum Gasteiger partial charge on any atom is -0.251 e. The van der Waals surface area contributed by atoms with E-state index in [1.165, 1.54) is 21.1 Å². The molecule has 0 radical (unpaired) electrons. The number of hydrogen-bond acceptors (Lipinski definition) is 2. The van der Waals surface area contributed by atoms with E-state index in [0.29, 0.717) is 0 Å². The molecule has 0 amide bonds. The first-order chi connectivity index (χ1) is 9.05. The molecule has 3 rings (SSSR count). The van der Waals surface area contributed by atoms with Gasteiger partial charge in [-0.15, -0.1) is 0 Å². The van der Waals surface area contributed by atoms with Crippen LogP contribution in [0.2, 0.25) is 0 Å². The summed E-state index contributed by atoms with van der Waals surface area (Å²) in [5.41, 5.74) is 3.54. The van der Waals surface area contributed by atoms with Crippen molar-refractivity contribution >= 4 is 23.2 Å². The van der Waals surface area contributed by atoms with Gasteiger partial charge in [0.1, 0.15) is 0 Å². The number of rotatable bonds is 0. The van der Waals surface area contributed by atoms with E-state index in [0.717, 1.165) is 5.69 Å². The van der Waals surface area contributed by atoms with Crippen LogP contribution in [0.3, 0.4) is 0 Å². The molecule has 0 saturated heterocycles. The van der Waals surface area contributed by atoms with Crippen molar-refractivity contribution in [2.75, 3.05) is 0 Å². The van der Waals surface area contributed by atoms with Crippen LogP contribution in [0.1, 0.15) is 26.3 Å². The highest BCUT2D eigenvalue weighted by molar-refractivity contribution is 7.99. The van der Waals surface area contributed by atoms with Gasteiger partial charge in [0, 0.05) is 20.8 Å². The Balaban J connectivity index is 2.29. The van der Waals surface area contributed by atoms with Gasteiger partial charge < -0.3 is 0 Å². The van der Waals surface area contributed by atoms with Crippen LogP contribution in [0.15, 0.2) is 63.3 Å². The monoisotopic (exact) mass is 267 g/mol. The van der Waals surface area contributed by atoms with Gasteiger partial charge in [0.2, 0.25) is 0 Å². The highest BCUT2D eigenvalue weighted by Gasteiger charge is 2.25. The maximum atomic E-state index is 4.95. The summed E-state index contributed by atoms with van der Waals surface area (Å²) in [6.07, 6.45) is 0. The van der Waals surface area contributed by atoms with Crippen molar-refractivity contribution in [1.82, 2.24) is 0 Å². The van der Waals surface area contributed by atoms with Gasteiger partial charge in [0.15, 0.2) is 0 Å². The Morgan fingerprint density at radius 2 is 1.47 bits per heavy atom. The predicted molar refractivity (Wildman–Crippen MR) is 82.7 cm³/mol. The molecule has 2 aromatic rings. The lowest BCUT2D eigenvalue weighted by Gasteiger charge is -2.22. The van der Waals surface area contributed by atoms with Crippen molar-refractivity contribution in [2.24, 2.45) is 10.4 Å². The third-order valence-corrected chi connectivity index (χ3v) is 4.31. The maximum Gasteiger partial charge on any atom is 0.0772 e. The summed E-state index contributed by atoms with van der Waals surface area (Å²) in [6.45, 7) is 6.67. The largest absolute Gasteiger partial charge is 0.251 e. The Labute approximate surface area is 118 Å². The normalized spacial score (nSPS) is 14.2. The predicted octanol–water partition coefficient (Wildman–Crippen LogP) is 5.32. The lowest BCUT2D eigenvalue weighted by atomic mass is 9.85. The van der Waals surface area contributed by atoms with E-state index in [9.17, 15) is 0 Å². The van der Waals surface area contributed by atoms with Gasteiger partial charge in [0.25, 0.3) is 0 Å². The topological polar surface area (TPSA) is 12.4 Å². The quantitative estimate of drug-likeness (QED) is 0.629. The van der Waals surface area contributed by atoms with Crippen LogP contribution in [0.25, 0.3) is 0 Å². The molecule has 1 aliphatic heterocycles. The minimum absolute atomic E-state index is 0.0358. The zero-order chi connectivity index (χ0) is 13.5. The summed E-state index contributed by atoms with van der Waals surface area (Å²) in [6, 6.07) is 16.9. The lowest BCUT2D eigenvalue weighted by Crippen LogP contribution is -2.21. The summed E-state index contributed by atoms with van der Waals surface area (Å²) in [5.74, 6) is 0. The summed E-state index contributed by atoms with van der Waals surface area (Å²) < 4.78 is 0. The van der Waals surface area contributed by atoms with Gasteiger partial charge in [0.05, 0.1) is 11.4 Å². The highest BCUT2D eigenvalue weighted by atomic mass is 32.2. The molecule has 0 aliphatic carbocycles. The molecule has 0 bridgehead atoms. The molecule has 0 fully saturated rings. The van der Waals surface area contributed by atoms with Crippen molar-refractivity contribution in [3.05, 3.63) is 54.1 Å². The Kier molecular flexibility index (Phi) is 2.98. The van der Waals surface area contributed by atoms with Crippen molar-refractivity contribution < 1.29 is 0 Å². The average Bonchev–Trinajstić information content (AvgIpc) is 2.54. The van der Waals surface area contributed by atoms with Crippen LogP contribution in [-0.4, -0.2) is 5.71 Å². The first-order valence-electron chi connectivity index (χ1n) is 6.51. The Morgan fingerprint density at radius 3 is 2.21 bits per heavy atom. The molecule has 2 aromatic carbocycles. The fourth-order valence-corrected chi connectivity index (χ4v) is 3.28. The van der Waals surface area contributed by atoms with Gasteiger partial charge in [-0.2, -0.15) is 0 Å². The SMILES string of the molecule is CC(C)(C)C1=Nc2ccccc2Sc2ccccc21. The molecule has 0 N–H and O–H groups in total. The van der Waals surface area contributed by atoms with Crippen LogP contribution >= 0.6 is 11.8 Å². The molecule has 1 nitrogen and oxygen atoms in total. The van der Waals surface area contributed by atoms with Gasteiger partial charge in [-0.25, -0.2) is 0 Å². The summed E-state index contributed by atoms with van der Waals surface area (Å²) >= 11 is 1.81. The fraction of sp³-hybridized carbons (Fsp3) is 0.235. The van der Waals surface area contributed by atoms with Gasteiger partial charge in [-0.05, 0) is 18.2 Å². The van der Waals surface area contributed by atoms with Crippen LogP contribution in [0, 0.1) is 5.41 Å². The van der Waals surface area contributed by atoms with Crippen LogP contribution in [0.5, 0.6) is 0 Å². The van der Waals surface area contributed by atoms with E-state index in [-0.39, 0.29) is 5.41 Å². The highest BCUT2D eigenvalue weighted by Crippen LogP contribution is 2.42. The molecule has 96 valence electrons. The summed E-state index contributed by atoms with van der Waals surface area (Å²) in [4.78, 5) is 7.47. The zero-order valence-corrected chi connectivity index (χ0v) is 12.3. The molecular formula is C17H17NS. The second kappa shape index (κ2) is 4.53. The number of benzene rings is 2. The molecule has 0 unspecified atom stereocenters. The van der Waals surface area contributed by atoms with E-state index in [1.54, 1.807) is 0 Å². The molecule has 0 aromatic heterocycles. The molecule has 0 spiro atoms. The van der Waals surface area contributed by atoms with E-state index in [4.69, 9.17) is 4.99 Å². The Morgan fingerprint density at radius 1 is 0.842 bits per heavy atom. The first-order valence-corrected chi connectivity index (χ1v) is 7.33. The van der Waals surface area contributed by atoms with E-state index >= 15 is 0 Å². The maximum absolute atomic E-state index is 4.95. The van der Waals surface area contributed by atoms with Gasteiger partial charge in [-0.3, -0.25) is 4.99 Å². The van der Waals surface area contributed by atoms with Crippen molar-refractivity contribution in [3.8, 4) is 0 Å². The molecule has 1 heterocycles. The molecular weight excluding hydrogens is 250 g/mol. The zero-order valence-electron chi connectivity index (χ0n) is 11.5. The standard InChI is InChI=1S/C17H17NS/c1-17(2,3)16-12-8-4-6-10-14(12)19-15-11-7-5-9-13(15)18-16/h4-11H,1-3H3. The third kappa shape index (κ3) is 2.33. The smallest absolute Gasteiger partial charge is 0.0772 e. The van der Waals surface area contributed by atoms with Gasteiger partial charge in [-0.1, -0.05) is 62.9 Å². The van der Waals surface area contributed by atoms with Crippen LogP contribution in [0.4, 0.5) is 5.69 Å².